The zero-order valence-corrected chi connectivity index (χ0v) is 32.5. The van der Waals surface area contributed by atoms with Crippen molar-refractivity contribution in [2.24, 2.45) is 16.7 Å². The molecular formula is C45H56N3O3+. The third-order valence-electron chi connectivity index (χ3n) is 11.5. The molecule has 0 bridgehead atoms. The van der Waals surface area contributed by atoms with E-state index in [2.05, 4.69) is 163 Å². The summed E-state index contributed by atoms with van der Waals surface area (Å²) in [6.45, 7) is 22.3. The molecule has 2 aliphatic rings. The Kier molecular flexibility index (Phi) is 9.23. The molecule has 6 nitrogen and oxygen atoms in total. The van der Waals surface area contributed by atoms with Gasteiger partial charge in [-0.1, -0.05) is 103 Å². The quantitative estimate of drug-likeness (QED) is 0.108. The normalized spacial score (nSPS) is 18.4. The van der Waals surface area contributed by atoms with Crippen LogP contribution in [0.15, 0.2) is 84.6 Å². The number of carbonyl (C=O) groups excluding carboxylic acids is 2. The summed E-state index contributed by atoms with van der Waals surface area (Å²) in [5, 5.41) is 7.94. The van der Waals surface area contributed by atoms with Crippen LogP contribution in [0.1, 0.15) is 86.8 Å². The molecule has 0 saturated carbocycles. The summed E-state index contributed by atoms with van der Waals surface area (Å²) < 4.78 is 8.11. The van der Waals surface area contributed by atoms with Gasteiger partial charge in [0.15, 0.2) is 5.71 Å². The highest BCUT2D eigenvalue weighted by Crippen LogP contribution is 2.52. The van der Waals surface area contributed by atoms with Crippen molar-refractivity contribution in [2.45, 2.75) is 86.5 Å². The molecule has 2 aliphatic heterocycles. The van der Waals surface area contributed by atoms with Gasteiger partial charge in [0.05, 0.1) is 17.4 Å². The van der Waals surface area contributed by atoms with Crippen molar-refractivity contribution in [3.8, 4) is 0 Å². The molecule has 0 spiro atoms. The molecule has 51 heavy (non-hydrogen) atoms. The second kappa shape index (κ2) is 13.0. The third kappa shape index (κ3) is 6.36. The summed E-state index contributed by atoms with van der Waals surface area (Å²) in [4.78, 5) is 29.3. The molecule has 1 N–H and O–H groups in total. The number of benzene rings is 4. The van der Waals surface area contributed by atoms with Crippen LogP contribution in [-0.2, 0) is 25.2 Å². The number of hydrogen-bond acceptors (Lipinski definition) is 4. The van der Waals surface area contributed by atoms with E-state index in [9.17, 15) is 9.59 Å². The summed E-state index contributed by atoms with van der Waals surface area (Å²) in [5.41, 5.74) is 5.79. The number of amides is 1. The van der Waals surface area contributed by atoms with E-state index < -0.39 is 5.41 Å². The topological polar surface area (TPSA) is 61.6 Å². The number of carbonyl (C=O) groups is 2. The number of allylic oxidation sites excluding steroid dienone is 2. The van der Waals surface area contributed by atoms with Gasteiger partial charge >= 0.3 is 5.97 Å². The van der Waals surface area contributed by atoms with Crippen molar-refractivity contribution in [1.82, 2.24) is 5.32 Å². The highest BCUT2D eigenvalue weighted by Gasteiger charge is 2.48. The Bertz CT molecular complexity index is 2100. The van der Waals surface area contributed by atoms with Crippen LogP contribution in [0.4, 0.5) is 11.4 Å². The smallest absolute Gasteiger partial charge is 0.312 e. The first-order valence-corrected chi connectivity index (χ1v) is 18.5. The van der Waals surface area contributed by atoms with Gasteiger partial charge in [-0.3, -0.25) is 9.59 Å². The van der Waals surface area contributed by atoms with Gasteiger partial charge in [-0.2, -0.15) is 4.58 Å². The third-order valence-corrected chi connectivity index (χ3v) is 11.5. The maximum Gasteiger partial charge on any atom is 0.312 e. The standard InChI is InChI=1S/C45H55N3O3/c1-29(2)45(10,28-42(3,4)5)41(50)51-25-24-46-38(49)27-48-35-23-21-31-17-13-15-19-33(31)40(35)44(8,9)37(48)26-36-43(6,7)39-32-18-14-12-16-30(32)20-22-34(39)47(36)11/h12-23,26,29H,24-25,27-28H2,1-11H3/p+1. The van der Waals surface area contributed by atoms with Crippen LogP contribution in [0.5, 0.6) is 0 Å². The van der Waals surface area contributed by atoms with Gasteiger partial charge < -0.3 is 15.0 Å². The Hall–Kier alpha value is -4.45. The molecule has 1 amide bonds. The molecule has 6 rings (SSSR count). The summed E-state index contributed by atoms with van der Waals surface area (Å²) in [7, 11) is 2.16. The van der Waals surface area contributed by atoms with E-state index in [0.717, 1.165) is 17.8 Å². The first-order valence-electron chi connectivity index (χ1n) is 18.5. The minimum atomic E-state index is -0.597. The number of ether oxygens (including phenoxy) is 1. The van der Waals surface area contributed by atoms with Crippen molar-refractivity contribution >= 4 is 50.5 Å². The summed E-state index contributed by atoms with van der Waals surface area (Å²) in [6.07, 6.45) is 3.06. The van der Waals surface area contributed by atoms with E-state index in [0.29, 0.717) is 0 Å². The molecule has 0 radical (unpaired) electrons. The van der Waals surface area contributed by atoms with Crippen molar-refractivity contribution in [3.05, 3.63) is 95.7 Å². The van der Waals surface area contributed by atoms with Gasteiger partial charge in [-0.15, -0.1) is 0 Å². The van der Waals surface area contributed by atoms with E-state index in [1.54, 1.807) is 0 Å². The van der Waals surface area contributed by atoms with E-state index in [4.69, 9.17) is 4.74 Å². The first-order chi connectivity index (χ1) is 23.9. The van der Waals surface area contributed by atoms with Crippen LogP contribution in [0.2, 0.25) is 0 Å². The molecule has 6 heteroatoms. The molecule has 1 atom stereocenters. The molecule has 268 valence electrons. The maximum absolute atomic E-state index is 13.8. The Labute approximate surface area is 304 Å². The van der Waals surface area contributed by atoms with Gasteiger partial charge in [0.1, 0.15) is 20.2 Å². The van der Waals surface area contributed by atoms with Gasteiger partial charge in [0.25, 0.3) is 0 Å². The number of esters is 1. The zero-order chi connectivity index (χ0) is 37.1. The molecule has 1 unspecified atom stereocenters. The van der Waals surface area contributed by atoms with Crippen molar-refractivity contribution in [2.75, 3.05) is 31.6 Å². The second-order valence-electron chi connectivity index (χ2n) is 17.5. The first kappa shape index (κ1) is 36.3. The Morgan fingerprint density at radius 3 is 2.04 bits per heavy atom. The largest absolute Gasteiger partial charge is 0.463 e. The number of fused-ring (bicyclic) bond motifs is 6. The predicted molar refractivity (Wildman–Crippen MR) is 211 cm³/mol. The van der Waals surface area contributed by atoms with Crippen LogP contribution in [0.3, 0.4) is 0 Å². The lowest BCUT2D eigenvalue weighted by Crippen LogP contribution is -2.41. The minimum absolute atomic E-state index is 0.0139. The van der Waals surface area contributed by atoms with Gasteiger partial charge in [0, 0.05) is 34.5 Å². The van der Waals surface area contributed by atoms with Crippen molar-refractivity contribution in [3.63, 3.8) is 0 Å². The average Bonchev–Trinajstić information content (AvgIpc) is 3.40. The highest BCUT2D eigenvalue weighted by atomic mass is 16.5. The number of hydrogen-bond donors (Lipinski definition) is 1. The van der Waals surface area contributed by atoms with Gasteiger partial charge in [-0.25, -0.2) is 0 Å². The fourth-order valence-electron chi connectivity index (χ4n) is 8.76. The van der Waals surface area contributed by atoms with Crippen LogP contribution >= 0.6 is 0 Å². The lowest BCUT2D eigenvalue weighted by atomic mass is 9.69. The Morgan fingerprint density at radius 2 is 1.43 bits per heavy atom. The van der Waals surface area contributed by atoms with E-state index >= 15 is 0 Å². The average molecular weight is 687 g/mol. The lowest BCUT2D eigenvalue weighted by Gasteiger charge is -2.36. The molecular weight excluding hydrogens is 631 g/mol. The van der Waals surface area contributed by atoms with Crippen molar-refractivity contribution < 1.29 is 18.9 Å². The Morgan fingerprint density at radius 1 is 0.843 bits per heavy atom. The zero-order valence-electron chi connectivity index (χ0n) is 32.5. The molecule has 2 heterocycles. The lowest BCUT2D eigenvalue weighted by molar-refractivity contribution is -0.401. The molecule has 0 aromatic heterocycles. The van der Waals surface area contributed by atoms with Crippen LogP contribution < -0.4 is 10.2 Å². The maximum atomic E-state index is 13.8. The highest BCUT2D eigenvalue weighted by molar-refractivity contribution is 6.09. The van der Waals surface area contributed by atoms with E-state index in [1.807, 2.05) is 6.92 Å². The second-order valence-corrected chi connectivity index (χ2v) is 17.5. The monoisotopic (exact) mass is 686 g/mol. The van der Waals surface area contributed by atoms with E-state index in [1.165, 1.54) is 44.1 Å². The molecule has 0 aliphatic carbocycles. The molecule has 4 aromatic carbocycles. The number of rotatable bonds is 9. The number of nitrogens with zero attached hydrogens (tertiary/aromatic N) is 2. The van der Waals surface area contributed by atoms with Gasteiger partial charge in [-0.05, 0) is 77.8 Å². The number of nitrogens with one attached hydrogen (secondary N) is 1. The fourth-order valence-corrected chi connectivity index (χ4v) is 8.76. The van der Waals surface area contributed by atoms with Crippen LogP contribution in [-0.4, -0.2) is 48.9 Å². The summed E-state index contributed by atoms with van der Waals surface area (Å²) in [5.74, 6) is -0.191. The Balaban J connectivity index is 1.31. The SMILES string of the molecule is CC(C)C(C)(CC(C)(C)C)C(=O)OCCNC(=O)CN1/C(=C/C2=[N+](C)c3ccc4ccccc4c3C2(C)C)C(C)(C)c2c1ccc1ccccc21. The number of anilines is 1. The predicted octanol–water partition coefficient (Wildman–Crippen LogP) is 9.44. The van der Waals surface area contributed by atoms with Gasteiger partial charge in [0.2, 0.25) is 11.6 Å². The minimum Gasteiger partial charge on any atom is -0.463 e. The summed E-state index contributed by atoms with van der Waals surface area (Å²) in [6, 6.07) is 25.9. The molecule has 0 fully saturated rings. The van der Waals surface area contributed by atoms with E-state index in [-0.39, 0.29) is 53.7 Å². The molecule has 4 aromatic rings. The summed E-state index contributed by atoms with van der Waals surface area (Å²) >= 11 is 0. The van der Waals surface area contributed by atoms with Crippen molar-refractivity contribution in [1.29, 1.82) is 0 Å². The van der Waals surface area contributed by atoms with Crippen LogP contribution in [0.25, 0.3) is 21.5 Å². The molecule has 0 saturated heterocycles. The fraction of sp³-hybridized carbons (Fsp3) is 0.444. The van der Waals surface area contributed by atoms with Crippen LogP contribution in [0, 0.1) is 16.7 Å².